The second-order valence-electron chi connectivity index (χ2n) is 6.72. The van der Waals surface area contributed by atoms with Gasteiger partial charge in [-0.15, -0.1) is 0 Å². The first-order valence-corrected chi connectivity index (χ1v) is 9.89. The fraction of sp³-hybridized carbons (Fsp3) is 0.0870. The molecule has 0 aliphatic heterocycles. The number of carboxylic acid groups (broad SMARTS) is 1. The second-order valence-corrected chi connectivity index (χ2v) is 7.73. The molecule has 4 rings (SSSR count). The molecule has 0 bridgehead atoms. The van der Waals surface area contributed by atoms with Crippen molar-refractivity contribution in [1.29, 1.82) is 0 Å². The number of carboxylic acids is 1. The first kappa shape index (κ1) is 18.8. The lowest BCUT2D eigenvalue weighted by molar-refractivity contribution is 0.0696. The lowest BCUT2D eigenvalue weighted by Gasteiger charge is -2.06. The summed E-state index contributed by atoms with van der Waals surface area (Å²) in [6.07, 6.45) is 0. The Labute approximate surface area is 171 Å². The number of carbonyl (C=O) groups excluding carboxylic acids is 1. The molecule has 0 unspecified atom stereocenters. The van der Waals surface area contributed by atoms with Crippen molar-refractivity contribution in [2.45, 2.75) is 13.5 Å². The molecule has 1 amide bonds. The van der Waals surface area contributed by atoms with Gasteiger partial charge in [-0.1, -0.05) is 53.3 Å². The van der Waals surface area contributed by atoms with Gasteiger partial charge in [-0.3, -0.25) is 4.79 Å². The molecule has 0 aliphatic carbocycles. The molecule has 144 valence electrons. The van der Waals surface area contributed by atoms with Crippen LogP contribution in [0.2, 0.25) is 0 Å². The number of rotatable bonds is 4. The Morgan fingerprint density at radius 3 is 2.28 bits per heavy atom. The lowest BCUT2D eigenvalue weighted by Crippen LogP contribution is -2.17. The fourth-order valence-electron chi connectivity index (χ4n) is 3.04. The zero-order valence-corrected chi connectivity index (χ0v) is 16.5. The van der Waals surface area contributed by atoms with E-state index in [0.717, 1.165) is 21.3 Å². The Balaban J connectivity index is 1.77. The monoisotopic (exact) mass is 402 g/mol. The van der Waals surface area contributed by atoms with Gasteiger partial charge in [0.25, 0.3) is 5.91 Å². The molecule has 1 heterocycles. The van der Waals surface area contributed by atoms with Crippen LogP contribution in [-0.4, -0.2) is 21.6 Å². The molecule has 3 aromatic carbocycles. The summed E-state index contributed by atoms with van der Waals surface area (Å²) in [6.45, 7) is 2.46. The van der Waals surface area contributed by atoms with Gasteiger partial charge in [-0.25, -0.2) is 4.79 Å². The van der Waals surface area contributed by atoms with Crippen LogP contribution in [0, 0.1) is 6.92 Å². The van der Waals surface area contributed by atoms with E-state index in [9.17, 15) is 9.59 Å². The van der Waals surface area contributed by atoms with E-state index in [1.165, 1.54) is 11.3 Å². The van der Waals surface area contributed by atoms with Crippen LogP contribution >= 0.6 is 11.3 Å². The minimum atomic E-state index is -0.954. The van der Waals surface area contributed by atoms with Crippen LogP contribution in [0.25, 0.3) is 10.2 Å². The molecular formula is C23H18N2O3S. The molecule has 1 aromatic heterocycles. The number of amides is 1. The minimum absolute atomic E-state index is 0.244. The highest BCUT2D eigenvalue weighted by Gasteiger charge is 2.10. The van der Waals surface area contributed by atoms with E-state index in [2.05, 4.69) is 4.99 Å². The number of aryl methyl sites for hydroxylation is 1. The zero-order chi connectivity index (χ0) is 20.4. The molecule has 0 atom stereocenters. The number of hydrogen-bond donors (Lipinski definition) is 1. The minimum Gasteiger partial charge on any atom is -0.478 e. The Morgan fingerprint density at radius 2 is 1.59 bits per heavy atom. The number of aromatic carboxylic acids is 1. The van der Waals surface area contributed by atoms with Gasteiger partial charge in [0.1, 0.15) is 0 Å². The van der Waals surface area contributed by atoms with Crippen LogP contribution in [0.4, 0.5) is 0 Å². The Hall–Kier alpha value is -3.51. The number of hydrogen-bond acceptors (Lipinski definition) is 3. The van der Waals surface area contributed by atoms with Crippen LogP contribution < -0.4 is 4.80 Å². The summed E-state index contributed by atoms with van der Waals surface area (Å²) in [7, 11) is 0. The van der Waals surface area contributed by atoms with Gasteiger partial charge < -0.3 is 9.67 Å². The van der Waals surface area contributed by atoms with Gasteiger partial charge >= 0.3 is 5.97 Å². The quantitative estimate of drug-likeness (QED) is 0.546. The van der Waals surface area contributed by atoms with Crippen molar-refractivity contribution in [1.82, 2.24) is 4.57 Å². The Morgan fingerprint density at radius 1 is 0.931 bits per heavy atom. The summed E-state index contributed by atoms with van der Waals surface area (Å²) in [5.74, 6) is -1.24. The largest absolute Gasteiger partial charge is 0.478 e. The fourth-order valence-corrected chi connectivity index (χ4v) is 4.07. The zero-order valence-electron chi connectivity index (χ0n) is 15.7. The average Bonchev–Trinajstić information content (AvgIpc) is 3.06. The van der Waals surface area contributed by atoms with Crippen LogP contribution in [-0.2, 0) is 6.54 Å². The van der Waals surface area contributed by atoms with E-state index in [1.54, 1.807) is 36.4 Å². The van der Waals surface area contributed by atoms with Crippen LogP contribution in [0.5, 0.6) is 0 Å². The maximum atomic E-state index is 12.7. The van der Waals surface area contributed by atoms with Gasteiger partial charge in [0.05, 0.1) is 22.3 Å². The molecule has 0 saturated heterocycles. The van der Waals surface area contributed by atoms with Gasteiger partial charge in [-0.05, 0) is 48.9 Å². The predicted octanol–water partition coefficient (Wildman–Crippen LogP) is 4.50. The number of thiazole rings is 1. The first-order valence-electron chi connectivity index (χ1n) is 9.07. The number of fused-ring (bicyclic) bond motifs is 1. The summed E-state index contributed by atoms with van der Waals surface area (Å²) >= 11 is 1.46. The standard InChI is InChI=1S/C23H18N2O3S/c1-15-6-10-17(11-7-15)21(26)24-23-25(19-4-2-3-5-20(19)29-23)14-16-8-12-18(13-9-16)22(27)28/h2-13H,14H2,1H3,(H,27,28). The number of para-hydroxylation sites is 1. The van der Waals surface area contributed by atoms with Gasteiger partial charge in [0.2, 0.25) is 0 Å². The molecule has 5 nitrogen and oxygen atoms in total. The van der Waals surface area contributed by atoms with Gasteiger partial charge in [0, 0.05) is 5.56 Å². The highest BCUT2D eigenvalue weighted by Crippen LogP contribution is 2.18. The van der Waals surface area contributed by atoms with E-state index in [4.69, 9.17) is 5.11 Å². The van der Waals surface area contributed by atoms with Crippen molar-refractivity contribution >= 4 is 33.4 Å². The molecule has 0 spiro atoms. The third kappa shape index (κ3) is 4.02. The molecule has 1 N–H and O–H groups in total. The summed E-state index contributed by atoms with van der Waals surface area (Å²) in [4.78, 5) is 28.8. The van der Waals surface area contributed by atoms with Crippen molar-refractivity contribution in [3.8, 4) is 0 Å². The molecule has 0 fully saturated rings. The third-order valence-electron chi connectivity index (χ3n) is 4.63. The first-order chi connectivity index (χ1) is 14.0. The smallest absolute Gasteiger partial charge is 0.335 e. The van der Waals surface area contributed by atoms with E-state index in [-0.39, 0.29) is 11.5 Å². The molecule has 29 heavy (non-hydrogen) atoms. The molecule has 0 aliphatic rings. The van der Waals surface area contributed by atoms with Crippen molar-refractivity contribution in [3.63, 3.8) is 0 Å². The Bertz CT molecular complexity index is 1270. The van der Waals surface area contributed by atoms with Gasteiger partial charge in [-0.2, -0.15) is 4.99 Å². The number of benzene rings is 3. The van der Waals surface area contributed by atoms with Crippen LogP contribution in [0.1, 0.15) is 31.8 Å². The van der Waals surface area contributed by atoms with E-state index in [0.29, 0.717) is 16.9 Å². The SMILES string of the molecule is Cc1ccc(C(=O)N=c2sc3ccccc3n2Cc2ccc(C(=O)O)cc2)cc1. The van der Waals surface area contributed by atoms with Crippen molar-refractivity contribution in [3.05, 3.63) is 99.9 Å². The maximum Gasteiger partial charge on any atom is 0.335 e. The molecular weight excluding hydrogens is 384 g/mol. The molecule has 0 saturated carbocycles. The Kier molecular flexibility index (Phi) is 5.10. The topological polar surface area (TPSA) is 71.7 Å². The van der Waals surface area contributed by atoms with E-state index < -0.39 is 5.97 Å². The molecule has 4 aromatic rings. The lowest BCUT2D eigenvalue weighted by atomic mass is 10.1. The van der Waals surface area contributed by atoms with Gasteiger partial charge in [0.15, 0.2) is 4.80 Å². The summed E-state index contributed by atoms with van der Waals surface area (Å²) in [6, 6.07) is 22.0. The number of aromatic nitrogens is 1. The second kappa shape index (κ2) is 7.85. The summed E-state index contributed by atoms with van der Waals surface area (Å²) in [5, 5.41) is 9.09. The maximum absolute atomic E-state index is 12.7. The highest BCUT2D eigenvalue weighted by molar-refractivity contribution is 7.16. The van der Waals surface area contributed by atoms with Crippen molar-refractivity contribution in [2.75, 3.05) is 0 Å². The normalized spacial score (nSPS) is 11.7. The van der Waals surface area contributed by atoms with E-state index >= 15 is 0 Å². The molecule has 6 heteroatoms. The average molecular weight is 402 g/mol. The number of nitrogens with zero attached hydrogens (tertiary/aromatic N) is 2. The van der Waals surface area contributed by atoms with Crippen LogP contribution in [0.3, 0.4) is 0 Å². The highest BCUT2D eigenvalue weighted by atomic mass is 32.1. The van der Waals surface area contributed by atoms with E-state index in [1.807, 2.05) is 47.9 Å². The number of carbonyl (C=O) groups is 2. The summed E-state index contributed by atoms with van der Waals surface area (Å²) < 4.78 is 3.02. The predicted molar refractivity (Wildman–Crippen MR) is 113 cm³/mol. The van der Waals surface area contributed by atoms with Crippen molar-refractivity contribution < 1.29 is 14.7 Å². The third-order valence-corrected chi connectivity index (χ3v) is 5.68. The molecule has 0 radical (unpaired) electrons. The summed E-state index contributed by atoms with van der Waals surface area (Å²) in [5.41, 5.74) is 3.79. The van der Waals surface area contributed by atoms with Crippen LogP contribution in [0.15, 0.2) is 77.8 Å². The van der Waals surface area contributed by atoms with Crippen molar-refractivity contribution in [2.24, 2.45) is 4.99 Å².